The van der Waals surface area contributed by atoms with Crippen LogP contribution in [-0.2, 0) is 9.47 Å². The molecule has 0 saturated heterocycles. The van der Waals surface area contributed by atoms with Gasteiger partial charge in [-0.2, -0.15) is 0 Å². The standard InChI is InChI=1S/C15H14O3/c1-16-15(17-2)10-9-12-8-7-11-5-3-4-6-13(11)14(12)18-15/h3-10H,1-2H3. The van der Waals surface area contributed by atoms with E-state index in [4.69, 9.17) is 14.2 Å². The topological polar surface area (TPSA) is 27.7 Å². The molecule has 0 saturated carbocycles. The molecule has 3 heteroatoms. The van der Waals surface area contributed by atoms with E-state index >= 15 is 0 Å². The fourth-order valence-corrected chi connectivity index (χ4v) is 2.18. The SMILES string of the molecule is COC1(OC)C=Cc2ccc3ccccc3c2O1. The Morgan fingerprint density at radius 2 is 1.78 bits per heavy atom. The van der Waals surface area contributed by atoms with Crippen molar-refractivity contribution in [1.82, 2.24) is 0 Å². The third kappa shape index (κ3) is 1.60. The lowest BCUT2D eigenvalue weighted by molar-refractivity contribution is -0.287. The predicted molar refractivity (Wildman–Crippen MR) is 70.4 cm³/mol. The molecule has 0 bridgehead atoms. The van der Waals surface area contributed by atoms with Crippen molar-refractivity contribution in [3.05, 3.63) is 48.0 Å². The van der Waals surface area contributed by atoms with E-state index in [1.165, 1.54) is 0 Å². The summed E-state index contributed by atoms with van der Waals surface area (Å²) in [4.78, 5) is 0. The summed E-state index contributed by atoms with van der Waals surface area (Å²) in [7, 11) is 3.12. The Bertz CT molecular complexity index is 612. The molecule has 0 amide bonds. The van der Waals surface area contributed by atoms with E-state index in [1.54, 1.807) is 20.3 Å². The van der Waals surface area contributed by atoms with Gasteiger partial charge in [0.2, 0.25) is 0 Å². The van der Waals surface area contributed by atoms with E-state index in [2.05, 4.69) is 12.1 Å². The van der Waals surface area contributed by atoms with Crippen molar-refractivity contribution in [2.24, 2.45) is 0 Å². The van der Waals surface area contributed by atoms with Crippen LogP contribution in [0.1, 0.15) is 5.56 Å². The van der Waals surface area contributed by atoms with Crippen molar-refractivity contribution in [3.8, 4) is 5.75 Å². The average Bonchev–Trinajstić information content (AvgIpc) is 2.46. The van der Waals surface area contributed by atoms with Gasteiger partial charge in [-0.3, -0.25) is 0 Å². The minimum atomic E-state index is -1.13. The van der Waals surface area contributed by atoms with Gasteiger partial charge in [0.05, 0.1) is 0 Å². The number of hydrogen-bond acceptors (Lipinski definition) is 3. The lowest BCUT2D eigenvalue weighted by Gasteiger charge is -2.31. The minimum absolute atomic E-state index is 0.791. The second kappa shape index (κ2) is 4.12. The molecule has 2 aromatic rings. The van der Waals surface area contributed by atoms with E-state index in [0.29, 0.717) is 0 Å². The second-order valence-electron chi connectivity index (χ2n) is 4.15. The summed E-state index contributed by atoms with van der Waals surface area (Å²) in [6.07, 6.45) is 3.72. The van der Waals surface area contributed by atoms with Crippen LogP contribution in [0, 0.1) is 0 Å². The number of fused-ring (bicyclic) bond motifs is 3. The van der Waals surface area contributed by atoms with Crippen LogP contribution in [0.2, 0.25) is 0 Å². The van der Waals surface area contributed by atoms with Gasteiger partial charge in [0.1, 0.15) is 5.75 Å². The Morgan fingerprint density at radius 1 is 1.00 bits per heavy atom. The molecule has 3 rings (SSSR count). The first-order valence-electron chi connectivity index (χ1n) is 5.78. The van der Waals surface area contributed by atoms with Gasteiger partial charge in [-0.25, -0.2) is 0 Å². The van der Waals surface area contributed by atoms with Crippen LogP contribution in [0.5, 0.6) is 5.75 Å². The molecule has 0 aliphatic carbocycles. The fourth-order valence-electron chi connectivity index (χ4n) is 2.18. The largest absolute Gasteiger partial charge is 0.435 e. The zero-order valence-electron chi connectivity index (χ0n) is 10.3. The lowest BCUT2D eigenvalue weighted by atomic mass is 10.0. The first kappa shape index (κ1) is 11.3. The third-order valence-corrected chi connectivity index (χ3v) is 3.19. The van der Waals surface area contributed by atoms with Crippen molar-refractivity contribution < 1.29 is 14.2 Å². The molecule has 18 heavy (non-hydrogen) atoms. The lowest BCUT2D eigenvalue weighted by Crippen LogP contribution is -2.39. The van der Waals surface area contributed by atoms with Gasteiger partial charge >= 0.3 is 5.97 Å². The van der Waals surface area contributed by atoms with Crippen LogP contribution >= 0.6 is 0 Å². The number of benzene rings is 2. The summed E-state index contributed by atoms with van der Waals surface area (Å²) in [5.74, 6) is -0.337. The number of ether oxygens (including phenoxy) is 3. The fraction of sp³-hybridized carbons (Fsp3) is 0.200. The van der Waals surface area contributed by atoms with E-state index in [9.17, 15) is 0 Å². The van der Waals surface area contributed by atoms with E-state index < -0.39 is 5.97 Å². The molecule has 1 aliphatic heterocycles. The Hall–Kier alpha value is -1.84. The second-order valence-corrected chi connectivity index (χ2v) is 4.15. The summed E-state index contributed by atoms with van der Waals surface area (Å²) in [5, 5.41) is 2.19. The van der Waals surface area contributed by atoms with Crippen LogP contribution in [0.4, 0.5) is 0 Å². The van der Waals surface area contributed by atoms with Crippen LogP contribution in [-0.4, -0.2) is 20.2 Å². The smallest absolute Gasteiger partial charge is 0.348 e. The van der Waals surface area contributed by atoms with E-state index in [1.807, 2.05) is 30.3 Å². The Kier molecular flexibility index (Phi) is 2.58. The Balaban J connectivity index is 2.21. The van der Waals surface area contributed by atoms with E-state index in [0.717, 1.165) is 22.1 Å². The van der Waals surface area contributed by atoms with Crippen LogP contribution < -0.4 is 4.74 Å². The molecular weight excluding hydrogens is 228 g/mol. The molecule has 2 aromatic carbocycles. The molecule has 0 fully saturated rings. The molecular formula is C15H14O3. The molecule has 0 atom stereocenters. The van der Waals surface area contributed by atoms with Gasteiger partial charge in [-0.05, 0) is 11.5 Å². The maximum absolute atomic E-state index is 5.90. The predicted octanol–water partition coefficient (Wildman–Crippen LogP) is 3.19. The van der Waals surface area contributed by atoms with Crippen LogP contribution in [0.25, 0.3) is 16.8 Å². The monoisotopic (exact) mass is 242 g/mol. The summed E-state index contributed by atoms with van der Waals surface area (Å²) in [5.41, 5.74) is 1.03. The van der Waals surface area contributed by atoms with Gasteiger partial charge in [-0.1, -0.05) is 36.4 Å². The highest BCUT2D eigenvalue weighted by Gasteiger charge is 2.33. The van der Waals surface area contributed by atoms with Crippen molar-refractivity contribution in [3.63, 3.8) is 0 Å². The number of hydrogen-bond donors (Lipinski definition) is 0. The maximum Gasteiger partial charge on any atom is 0.348 e. The first-order chi connectivity index (χ1) is 8.78. The number of methoxy groups -OCH3 is 2. The summed E-state index contributed by atoms with van der Waals surface area (Å²) in [6, 6.07) is 12.2. The minimum Gasteiger partial charge on any atom is -0.435 e. The molecule has 0 radical (unpaired) electrons. The Morgan fingerprint density at radius 3 is 2.56 bits per heavy atom. The molecule has 0 aromatic heterocycles. The molecule has 3 nitrogen and oxygen atoms in total. The normalized spacial score (nSPS) is 16.3. The Labute approximate surface area is 106 Å². The quantitative estimate of drug-likeness (QED) is 0.757. The van der Waals surface area contributed by atoms with Gasteiger partial charge in [0.25, 0.3) is 0 Å². The van der Waals surface area contributed by atoms with Gasteiger partial charge in [0.15, 0.2) is 0 Å². The maximum atomic E-state index is 5.90. The molecule has 1 heterocycles. The third-order valence-electron chi connectivity index (χ3n) is 3.19. The highest BCUT2D eigenvalue weighted by atomic mass is 16.9. The number of rotatable bonds is 2. The van der Waals surface area contributed by atoms with Crippen molar-refractivity contribution in [2.75, 3.05) is 14.2 Å². The van der Waals surface area contributed by atoms with Crippen molar-refractivity contribution >= 4 is 16.8 Å². The van der Waals surface area contributed by atoms with Crippen molar-refractivity contribution in [2.45, 2.75) is 5.97 Å². The van der Waals surface area contributed by atoms with Crippen molar-refractivity contribution in [1.29, 1.82) is 0 Å². The molecule has 0 spiro atoms. The van der Waals surface area contributed by atoms with E-state index in [-0.39, 0.29) is 0 Å². The zero-order valence-corrected chi connectivity index (χ0v) is 10.3. The molecule has 1 aliphatic rings. The van der Waals surface area contributed by atoms with Crippen LogP contribution in [0.15, 0.2) is 42.5 Å². The highest BCUT2D eigenvalue weighted by molar-refractivity contribution is 5.92. The molecule has 0 unspecified atom stereocenters. The molecule has 0 N–H and O–H groups in total. The first-order valence-corrected chi connectivity index (χ1v) is 5.78. The summed E-state index contributed by atoms with van der Waals surface area (Å²) in [6.45, 7) is 0. The van der Waals surface area contributed by atoms with Gasteiger partial charge < -0.3 is 14.2 Å². The molecule has 92 valence electrons. The zero-order chi connectivity index (χ0) is 12.6. The van der Waals surface area contributed by atoms with Gasteiger partial charge in [0, 0.05) is 31.2 Å². The van der Waals surface area contributed by atoms with Crippen LogP contribution in [0.3, 0.4) is 0 Å². The average molecular weight is 242 g/mol. The highest BCUT2D eigenvalue weighted by Crippen LogP contribution is 2.37. The summed E-state index contributed by atoms with van der Waals surface area (Å²) >= 11 is 0. The summed E-state index contributed by atoms with van der Waals surface area (Å²) < 4.78 is 16.5. The van der Waals surface area contributed by atoms with Gasteiger partial charge in [-0.15, -0.1) is 0 Å².